The van der Waals surface area contributed by atoms with E-state index in [1.165, 1.54) is 0 Å². The Kier molecular flexibility index (Phi) is 4.42. The number of amides is 1. The first kappa shape index (κ1) is 17.3. The molecular weight excluding hydrogens is 338 g/mol. The molecule has 1 aliphatic rings. The molecule has 3 aromatic carbocycles. The highest BCUT2D eigenvalue weighted by Gasteiger charge is 2.49. The molecule has 1 unspecified atom stereocenters. The first-order valence-electron chi connectivity index (χ1n) is 8.92. The fourth-order valence-electron chi connectivity index (χ4n) is 3.64. The van der Waals surface area contributed by atoms with Crippen molar-refractivity contribution in [3.8, 4) is 5.75 Å². The second kappa shape index (κ2) is 6.89. The van der Waals surface area contributed by atoms with Crippen molar-refractivity contribution in [2.24, 2.45) is 0 Å². The van der Waals surface area contributed by atoms with Crippen molar-refractivity contribution in [1.29, 1.82) is 0 Å². The van der Waals surface area contributed by atoms with Gasteiger partial charge in [-0.05, 0) is 29.3 Å². The second-order valence-electron chi connectivity index (χ2n) is 6.78. The fourth-order valence-corrected chi connectivity index (χ4v) is 3.64. The number of nitrogens with zero attached hydrogens (tertiary/aromatic N) is 1. The van der Waals surface area contributed by atoms with Gasteiger partial charge in [-0.3, -0.25) is 4.79 Å². The first-order chi connectivity index (χ1) is 13.1. The summed E-state index contributed by atoms with van der Waals surface area (Å²) in [5.41, 5.74) is 1.75. The van der Waals surface area contributed by atoms with Crippen LogP contribution in [0.4, 0.5) is 5.69 Å². The summed E-state index contributed by atoms with van der Waals surface area (Å²) in [6.45, 7) is 0.432. The Balaban J connectivity index is 1.69. The Morgan fingerprint density at radius 1 is 0.889 bits per heavy atom. The van der Waals surface area contributed by atoms with Gasteiger partial charge in [-0.2, -0.15) is 0 Å². The van der Waals surface area contributed by atoms with Gasteiger partial charge in [0, 0.05) is 12.0 Å². The van der Waals surface area contributed by atoms with E-state index in [2.05, 4.69) is 0 Å². The predicted molar refractivity (Wildman–Crippen MR) is 105 cm³/mol. The zero-order valence-corrected chi connectivity index (χ0v) is 15.1. The van der Waals surface area contributed by atoms with E-state index in [0.29, 0.717) is 12.1 Å². The van der Waals surface area contributed by atoms with Crippen LogP contribution in [0.3, 0.4) is 0 Å². The van der Waals surface area contributed by atoms with Crippen LogP contribution in [0.2, 0.25) is 0 Å². The molecular formula is C23H21NO3. The largest absolute Gasteiger partial charge is 0.497 e. The summed E-state index contributed by atoms with van der Waals surface area (Å²) in [6.07, 6.45) is 0.220. The number of benzene rings is 3. The molecule has 0 saturated carbocycles. The molecule has 0 bridgehead atoms. The van der Waals surface area contributed by atoms with Gasteiger partial charge in [0.2, 0.25) is 0 Å². The maximum atomic E-state index is 13.3. The van der Waals surface area contributed by atoms with Gasteiger partial charge >= 0.3 is 0 Å². The number of hydrogen-bond acceptors (Lipinski definition) is 3. The quantitative estimate of drug-likeness (QED) is 0.756. The summed E-state index contributed by atoms with van der Waals surface area (Å²) < 4.78 is 5.19. The molecule has 1 amide bonds. The van der Waals surface area contributed by atoms with Crippen molar-refractivity contribution in [3.05, 3.63) is 95.6 Å². The van der Waals surface area contributed by atoms with E-state index in [9.17, 15) is 9.90 Å². The number of methoxy groups -OCH3 is 1. The maximum absolute atomic E-state index is 13.3. The minimum Gasteiger partial charge on any atom is -0.497 e. The molecule has 1 aliphatic heterocycles. The van der Waals surface area contributed by atoms with E-state index in [1.54, 1.807) is 12.0 Å². The number of carbonyl (C=O) groups excluding carboxylic acids is 1. The number of rotatable bonds is 5. The summed E-state index contributed by atoms with van der Waals surface area (Å²) in [5.74, 6) is 0.456. The minimum absolute atomic E-state index is 0.220. The van der Waals surface area contributed by atoms with Crippen LogP contribution in [0, 0.1) is 0 Å². The Morgan fingerprint density at radius 3 is 2.26 bits per heavy atom. The highest BCUT2D eigenvalue weighted by molar-refractivity contribution is 6.06. The maximum Gasteiger partial charge on any atom is 0.264 e. The normalized spacial score (nSPS) is 18.4. The van der Waals surface area contributed by atoms with E-state index < -0.39 is 5.60 Å². The fraction of sp³-hybridized carbons (Fsp3) is 0.174. The number of para-hydroxylation sites is 1. The smallest absolute Gasteiger partial charge is 0.264 e. The summed E-state index contributed by atoms with van der Waals surface area (Å²) in [5, 5.41) is 11.4. The SMILES string of the molecule is COc1ccc(CC2(O)C(=O)N(Cc3ccccc3)c3ccccc32)cc1. The molecule has 27 heavy (non-hydrogen) atoms. The average Bonchev–Trinajstić information content (AvgIpc) is 2.92. The van der Waals surface area contributed by atoms with Crippen molar-refractivity contribution in [2.75, 3.05) is 12.0 Å². The Labute approximate surface area is 158 Å². The number of aliphatic hydroxyl groups is 1. The van der Waals surface area contributed by atoms with Crippen LogP contribution in [0.25, 0.3) is 0 Å². The second-order valence-corrected chi connectivity index (χ2v) is 6.78. The molecule has 4 rings (SSSR count). The third kappa shape index (κ3) is 3.09. The zero-order chi connectivity index (χ0) is 18.9. The van der Waals surface area contributed by atoms with Gasteiger partial charge in [0.05, 0.1) is 19.3 Å². The van der Waals surface area contributed by atoms with Gasteiger partial charge in [0.1, 0.15) is 5.75 Å². The third-order valence-electron chi connectivity index (χ3n) is 5.04. The highest BCUT2D eigenvalue weighted by atomic mass is 16.5. The van der Waals surface area contributed by atoms with Crippen LogP contribution >= 0.6 is 0 Å². The number of anilines is 1. The lowest BCUT2D eigenvalue weighted by molar-refractivity contribution is -0.136. The molecule has 136 valence electrons. The zero-order valence-electron chi connectivity index (χ0n) is 15.1. The van der Waals surface area contributed by atoms with Crippen molar-refractivity contribution >= 4 is 11.6 Å². The van der Waals surface area contributed by atoms with E-state index in [4.69, 9.17) is 4.74 Å². The lowest BCUT2D eigenvalue weighted by Gasteiger charge is -2.23. The van der Waals surface area contributed by atoms with Crippen LogP contribution < -0.4 is 9.64 Å². The van der Waals surface area contributed by atoms with Crippen LogP contribution in [-0.2, 0) is 23.4 Å². The van der Waals surface area contributed by atoms with Crippen LogP contribution in [0.5, 0.6) is 5.75 Å². The molecule has 0 spiro atoms. The van der Waals surface area contributed by atoms with Gasteiger partial charge < -0.3 is 14.7 Å². The average molecular weight is 359 g/mol. The summed E-state index contributed by atoms with van der Waals surface area (Å²) in [4.78, 5) is 14.9. The molecule has 0 aromatic heterocycles. The molecule has 3 aromatic rings. The van der Waals surface area contributed by atoms with Crippen LogP contribution in [-0.4, -0.2) is 18.1 Å². The van der Waals surface area contributed by atoms with Crippen LogP contribution in [0.15, 0.2) is 78.9 Å². The Morgan fingerprint density at radius 2 is 1.56 bits per heavy atom. The molecule has 1 N–H and O–H groups in total. The van der Waals surface area contributed by atoms with E-state index in [1.807, 2.05) is 78.9 Å². The van der Waals surface area contributed by atoms with Gasteiger partial charge in [0.25, 0.3) is 5.91 Å². The van der Waals surface area contributed by atoms with E-state index >= 15 is 0 Å². The van der Waals surface area contributed by atoms with Crippen molar-refractivity contribution in [3.63, 3.8) is 0 Å². The monoisotopic (exact) mass is 359 g/mol. The Bertz CT molecular complexity index is 953. The van der Waals surface area contributed by atoms with Crippen molar-refractivity contribution < 1.29 is 14.6 Å². The summed E-state index contributed by atoms with van der Waals surface area (Å²) >= 11 is 0. The van der Waals surface area contributed by atoms with Gasteiger partial charge in [-0.25, -0.2) is 0 Å². The molecule has 4 heteroatoms. The molecule has 0 aliphatic carbocycles. The number of ether oxygens (including phenoxy) is 1. The first-order valence-corrected chi connectivity index (χ1v) is 8.92. The van der Waals surface area contributed by atoms with Crippen molar-refractivity contribution in [1.82, 2.24) is 0 Å². The predicted octanol–water partition coefficient (Wildman–Crippen LogP) is 3.67. The standard InChI is InChI=1S/C23H21NO3/c1-27-19-13-11-17(12-14-19)15-23(26)20-9-5-6-10-21(20)24(22(23)25)16-18-7-3-2-4-8-18/h2-14,26H,15-16H2,1H3. The Hall–Kier alpha value is -3.11. The van der Waals surface area contributed by atoms with Gasteiger partial charge in [-0.1, -0.05) is 60.7 Å². The highest BCUT2D eigenvalue weighted by Crippen LogP contribution is 2.43. The molecule has 0 radical (unpaired) electrons. The van der Waals surface area contributed by atoms with E-state index in [0.717, 1.165) is 22.6 Å². The molecule has 1 heterocycles. The molecule has 0 fully saturated rings. The number of hydrogen-bond donors (Lipinski definition) is 1. The lowest BCUT2D eigenvalue weighted by Crippen LogP contribution is -2.41. The molecule has 1 atom stereocenters. The van der Waals surface area contributed by atoms with Crippen LogP contribution in [0.1, 0.15) is 16.7 Å². The topological polar surface area (TPSA) is 49.8 Å². The number of carbonyl (C=O) groups is 1. The summed E-state index contributed by atoms with van der Waals surface area (Å²) in [6, 6.07) is 24.7. The van der Waals surface area contributed by atoms with Gasteiger partial charge in [0.15, 0.2) is 5.60 Å². The molecule has 0 saturated heterocycles. The summed E-state index contributed by atoms with van der Waals surface area (Å²) in [7, 11) is 1.61. The van der Waals surface area contributed by atoms with Crippen molar-refractivity contribution in [2.45, 2.75) is 18.6 Å². The lowest BCUT2D eigenvalue weighted by atomic mass is 9.88. The minimum atomic E-state index is -1.57. The van der Waals surface area contributed by atoms with Gasteiger partial charge in [-0.15, -0.1) is 0 Å². The molecule has 4 nitrogen and oxygen atoms in total. The van der Waals surface area contributed by atoms with E-state index in [-0.39, 0.29) is 12.3 Å². The third-order valence-corrected chi connectivity index (χ3v) is 5.04. The number of fused-ring (bicyclic) bond motifs is 1.